The van der Waals surface area contributed by atoms with Crippen LogP contribution in [0.3, 0.4) is 0 Å². The molecule has 0 bridgehead atoms. The molecular weight excluding hydrogens is 162 g/mol. The third kappa shape index (κ3) is 2.25. The van der Waals surface area contributed by atoms with Crippen LogP contribution in [-0.2, 0) is 4.74 Å². The molecule has 2 nitrogen and oxygen atoms in total. The molecule has 13 heavy (non-hydrogen) atoms. The summed E-state index contributed by atoms with van der Waals surface area (Å²) in [5, 5.41) is 0. The molecule has 0 radical (unpaired) electrons. The largest absolute Gasteiger partial charge is 0.497 e. The van der Waals surface area contributed by atoms with Gasteiger partial charge >= 0.3 is 0 Å². The first-order valence-corrected chi connectivity index (χ1v) is 4.91. The zero-order chi connectivity index (χ0) is 10.1. The number of hydrogen-bond donors (Lipinski definition) is 0. The molecule has 0 N–H and O–H groups in total. The summed E-state index contributed by atoms with van der Waals surface area (Å²) in [6.45, 7) is 8.54. The maximum Gasteiger partial charge on any atom is 0.0969 e. The minimum atomic E-state index is 0.272. The van der Waals surface area contributed by atoms with Crippen LogP contribution in [0.25, 0.3) is 0 Å². The van der Waals surface area contributed by atoms with Crippen molar-refractivity contribution in [2.24, 2.45) is 5.41 Å². The Hall–Kier alpha value is -0.500. The fourth-order valence-electron chi connectivity index (χ4n) is 1.64. The molecule has 1 heterocycles. The van der Waals surface area contributed by atoms with E-state index in [0.29, 0.717) is 0 Å². The number of allylic oxidation sites excluding steroid dienone is 1. The molecule has 0 fully saturated rings. The van der Waals surface area contributed by atoms with Gasteiger partial charge in [0.15, 0.2) is 0 Å². The summed E-state index contributed by atoms with van der Waals surface area (Å²) >= 11 is 0. The van der Waals surface area contributed by atoms with E-state index in [0.717, 1.165) is 18.9 Å². The van der Waals surface area contributed by atoms with Crippen LogP contribution in [-0.4, -0.2) is 32.1 Å². The lowest BCUT2D eigenvalue weighted by molar-refractivity contribution is 0.160. The number of rotatable bonds is 3. The van der Waals surface area contributed by atoms with Crippen LogP contribution in [0.15, 0.2) is 11.3 Å². The summed E-state index contributed by atoms with van der Waals surface area (Å²) in [7, 11) is 4.23. The van der Waals surface area contributed by atoms with Crippen molar-refractivity contribution in [2.45, 2.75) is 27.2 Å². The maximum absolute atomic E-state index is 5.57. The number of nitrogens with zero attached hydrogens (tertiary/aromatic N) is 1. The van der Waals surface area contributed by atoms with Crippen molar-refractivity contribution in [1.82, 2.24) is 4.90 Å². The minimum Gasteiger partial charge on any atom is -0.497 e. The third-order valence-electron chi connectivity index (χ3n) is 3.15. The highest BCUT2D eigenvalue weighted by atomic mass is 16.5. The molecule has 1 aliphatic rings. The van der Waals surface area contributed by atoms with E-state index >= 15 is 0 Å². The van der Waals surface area contributed by atoms with E-state index in [-0.39, 0.29) is 5.41 Å². The highest BCUT2D eigenvalue weighted by Crippen LogP contribution is 2.39. The monoisotopic (exact) mass is 183 g/mol. The Kier molecular flexibility index (Phi) is 3.01. The molecule has 0 aromatic carbocycles. The van der Waals surface area contributed by atoms with Gasteiger partial charge in [-0.25, -0.2) is 0 Å². The molecule has 0 saturated carbocycles. The van der Waals surface area contributed by atoms with Crippen molar-refractivity contribution >= 4 is 0 Å². The average Bonchev–Trinajstić information content (AvgIpc) is 2.31. The summed E-state index contributed by atoms with van der Waals surface area (Å²) in [4.78, 5) is 2.23. The molecule has 0 saturated heterocycles. The smallest absolute Gasteiger partial charge is 0.0969 e. The van der Waals surface area contributed by atoms with Gasteiger partial charge in [0.25, 0.3) is 0 Å². The molecular formula is C11H21NO. The standard InChI is InChI=1S/C11H21NO/c1-9-10(2)13-8-11(9,3)6-7-12(4)5/h6-8H2,1-5H3. The number of hydrogen-bond acceptors (Lipinski definition) is 2. The van der Waals surface area contributed by atoms with Crippen LogP contribution >= 0.6 is 0 Å². The van der Waals surface area contributed by atoms with Gasteiger partial charge in [0.1, 0.15) is 0 Å². The van der Waals surface area contributed by atoms with E-state index in [4.69, 9.17) is 4.74 Å². The SMILES string of the molecule is CC1=C(C)C(C)(CCN(C)C)CO1. The van der Waals surface area contributed by atoms with Crippen molar-refractivity contribution in [3.8, 4) is 0 Å². The van der Waals surface area contributed by atoms with Crippen molar-refractivity contribution in [3.63, 3.8) is 0 Å². The van der Waals surface area contributed by atoms with Gasteiger partial charge in [0.2, 0.25) is 0 Å². The number of ether oxygens (including phenoxy) is 1. The lowest BCUT2D eigenvalue weighted by atomic mass is 9.81. The van der Waals surface area contributed by atoms with Gasteiger partial charge in [-0.2, -0.15) is 0 Å². The van der Waals surface area contributed by atoms with E-state index in [9.17, 15) is 0 Å². The van der Waals surface area contributed by atoms with E-state index in [1.807, 2.05) is 0 Å². The second-order valence-electron chi connectivity index (χ2n) is 4.58. The summed E-state index contributed by atoms with van der Waals surface area (Å²) in [6, 6.07) is 0. The van der Waals surface area contributed by atoms with Crippen molar-refractivity contribution in [2.75, 3.05) is 27.2 Å². The molecule has 0 spiro atoms. The van der Waals surface area contributed by atoms with Gasteiger partial charge in [0, 0.05) is 5.41 Å². The molecule has 0 aromatic rings. The maximum atomic E-state index is 5.57. The van der Waals surface area contributed by atoms with Crippen molar-refractivity contribution in [3.05, 3.63) is 11.3 Å². The molecule has 0 aliphatic carbocycles. The normalized spacial score (nSPS) is 28.5. The van der Waals surface area contributed by atoms with Gasteiger partial charge in [-0.1, -0.05) is 6.92 Å². The van der Waals surface area contributed by atoms with Crippen LogP contribution in [0.4, 0.5) is 0 Å². The predicted octanol–water partition coefficient (Wildman–Crippen LogP) is 2.27. The van der Waals surface area contributed by atoms with Crippen LogP contribution < -0.4 is 0 Å². The zero-order valence-corrected chi connectivity index (χ0v) is 9.48. The Balaban J connectivity index is 2.58. The van der Waals surface area contributed by atoms with E-state index in [2.05, 4.69) is 39.8 Å². The van der Waals surface area contributed by atoms with Crippen LogP contribution in [0.5, 0.6) is 0 Å². The molecule has 1 rings (SSSR count). The summed E-state index contributed by atoms with van der Waals surface area (Å²) in [5.74, 6) is 1.13. The second kappa shape index (κ2) is 3.70. The molecule has 2 heteroatoms. The van der Waals surface area contributed by atoms with Gasteiger partial charge < -0.3 is 9.64 Å². The van der Waals surface area contributed by atoms with Crippen LogP contribution in [0, 0.1) is 5.41 Å². The molecule has 1 aliphatic heterocycles. The highest BCUT2D eigenvalue weighted by molar-refractivity contribution is 5.18. The van der Waals surface area contributed by atoms with Crippen LogP contribution in [0.2, 0.25) is 0 Å². The minimum absolute atomic E-state index is 0.272. The lowest BCUT2D eigenvalue weighted by Gasteiger charge is -2.25. The molecule has 1 unspecified atom stereocenters. The van der Waals surface area contributed by atoms with E-state index < -0.39 is 0 Å². The molecule has 1 atom stereocenters. The van der Waals surface area contributed by atoms with Crippen molar-refractivity contribution in [1.29, 1.82) is 0 Å². The molecule has 76 valence electrons. The van der Waals surface area contributed by atoms with E-state index in [1.165, 1.54) is 12.0 Å². The summed E-state index contributed by atoms with van der Waals surface area (Å²) in [6.07, 6.45) is 1.18. The fourth-order valence-corrected chi connectivity index (χ4v) is 1.64. The predicted molar refractivity (Wildman–Crippen MR) is 55.6 cm³/mol. The Morgan fingerprint density at radius 2 is 2.00 bits per heavy atom. The second-order valence-corrected chi connectivity index (χ2v) is 4.58. The lowest BCUT2D eigenvalue weighted by Crippen LogP contribution is -2.25. The van der Waals surface area contributed by atoms with Crippen LogP contribution in [0.1, 0.15) is 27.2 Å². The Morgan fingerprint density at radius 1 is 1.38 bits per heavy atom. The molecule has 0 amide bonds. The Bertz CT molecular complexity index is 220. The third-order valence-corrected chi connectivity index (χ3v) is 3.15. The Labute approximate surface area is 81.6 Å². The van der Waals surface area contributed by atoms with Gasteiger partial charge in [0.05, 0.1) is 12.4 Å². The molecule has 0 aromatic heterocycles. The van der Waals surface area contributed by atoms with E-state index in [1.54, 1.807) is 0 Å². The first kappa shape index (κ1) is 10.6. The van der Waals surface area contributed by atoms with Gasteiger partial charge in [-0.15, -0.1) is 0 Å². The first-order chi connectivity index (χ1) is 5.96. The quantitative estimate of drug-likeness (QED) is 0.665. The topological polar surface area (TPSA) is 12.5 Å². The average molecular weight is 183 g/mol. The summed E-state index contributed by atoms with van der Waals surface area (Å²) in [5.41, 5.74) is 1.70. The van der Waals surface area contributed by atoms with Crippen molar-refractivity contribution < 1.29 is 4.74 Å². The Morgan fingerprint density at radius 3 is 2.38 bits per heavy atom. The van der Waals surface area contributed by atoms with Gasteiger partial charge in [-0.3, -0.25) is 0 Å². The highest BCUT2D eigenvalue weighted by Gasteiger charge is 2.33. The zero-order valence-electron chi connectivity index (χ0n) is 9.48. The summed E-state index contributed by atoms with van der Waals surface area (Å²) < 4.78 is 5.57. The fraction of sp³-hybridized carbons (Fsp3) is 0.818. The van der Waals surface area contributed by atoms with Gasteiger partial charge in [-0.05, 0) is 46.5 Å². The first-order valence-electron chi connectivity index (χ1n) is 4.91.